The summed E-state index contributed by atoms with van der Waals surface area (Å²) in [7, 11) is 1.59. The van der Waals surface area contributed by atoms with Gasteiger partial charge in [0.25, 0.3) is 0 Å². The van der Waals surface area contributed by atoms with E-state index in [0.29, 0.717) is 23.6 Å². The lowest BCUT2D eigenvalue weighted by Crippen LogP contribution is -2.17. The Morgan fingerprint density at radius 1 is 1.10 bits per heavy atom. The highest BCUT2D eigenvalue weighted by Crippen LogP contribution is 2.37. The number of para-hydroxylation sites is 2. The summed E-state index contributed by atoms with van der Waals surface area (Å²) in [6, 6.07) is 18.5. The molecule has 0 atom stereocenters. The van der Waals surface area contributed by atoms with Crippen LogP contribution in [-0.4, -0.2) is 23.6 Å². The molecular formula is C24H23BrFN3O2. The first-order valence-electron chi connectivity index (χ1n) is 10.0. The van der Waals surface area contributed by atoms with E-state index in [1.54, 1.807) is 25.3 Å². The number of methoxy groups -OCH3 is 1. The minimum absolute atomic E-state index is 0.122. The summed E-state index contributed by atoms with van der Waals surface area (Å²) in [4.78, 5) is 7.93. The normalized spacial score (nSPS) is 11.1. The smallest absolute Gasteiger partial charge is 0.175 e. The van der Waals surface area contributed by atoms with Gasteiger partial charge in [0.05, 0.1) is 22.6 Å². The van der Waals surface area contributed by atoms with Crippen LogP contribution in [0.5, 0.6) is 11.5 Å². The predicted octanol–water partition coefficient (Wildman–Crippen LogP) is 5.38. The number of benzene rings is 3. The van der Waals surface area contributed by atoms with Crippen molar-refractivity contribution in [3.05, 3.63) is 87.9 Å². The Morgan fingerprint density at radius 3 is 2.71 bits per heavy atom. The van der Waals surface area contributed by atoms with Gasteiger partial charge in [-0.2, -0.15) is 0 Å². The van der Waals surface area contributed by atoms with Crippen molar-refractivity contribution in [2.24, 2.45) is 0 Å². The number of aromatic amines is 1. The molecule has 1 heterocycles. The van der Waals surface area contributed by atoms with Crippen molar-refractivity contribution in [1.82, 2.24) is 15.3 Å². The van der Waals surface area contributed by atoms with Crippen LogP contribution in [0.15, 0.2) is 65.1 Å². The Balaban J connectivity index is 1.35. The fraction of sp³-hybridized carbons (Fsp3) is 0.208. The van der Waals surface area contributed by atoms with Gasteiger partial charge in [0.1, 0.15) is 18.2 Å². The highest BCUT2D eigenvalue weighted by molar-refractivity contribution is 9.10. The minimum Gasteiger partial charge on any atom is -0.493 e. The molecule has 4 rings (SSSR count). The maximum absolute atomic E-state index is 13.9. The number of imidazole rings is 1. The van der Waals surface area contributed by atoms with Crippen molar-refractivity contribution in [3.8, 4) is 11.5 Å². The van der Waals surface area contributed by atoms with Crippen LogP contribution in [0, 0.1) is 5.82 Å². The van der Waals surface area contributed by atoms with E-state index in [0.717, 1.165) is 39.9 Å². The Morgan fingerprint density at radius 2 is 1.90 bits per heavy atom. The van der Waals surface area contributed by atoms with Crippen molar-refractivity contribution in [1.29, 1.82) is 0 Å². The number of hydrogen-bond acceptors (Lipinski definition) is 4. The fourth-order valence-corrected chi connectivity index (χ4v) is 3.95. The highest BCUT2D eigenvalue weighted by atomic mass is 79.9. The van der Waals surface area contributed by atoms with Gasteiger partial charge in [0.2, 0.25) is 0 Å². The molecule has 0 saturated heterocycles. The van der Waals surface area contributed by atoms with Crippen LogP contribution in [0.25, 0.3) is 11.0 Å². The average molecular weight is 484 g/mol. The third kappa shape index (κ3) is 5.24. The van der Waals surface area contributed by atoms with E-state index in [-0.39, 0.29) is 12.4 Å². The van der Waals surface area contributed by atoms with Crippen LogP contribution in [0.2, 0.25) is 0 Å². The molecule has 0 radical (unpaired) electrons. The van der Waals surface area contributed by atoms with Gasteiger partial charge in [0, 0.05) is 25.1 Å². The van der Waals surface area contributed by atoms with E-state index in [1.807, 2.05) is 36.4 Å². The molecule has 160 valence electrons. The number of aromatic nitrogens is 2. The lowest BCUT2D eigenvalue weighted by Gasteiger charge is -2.15. The second-order valence-electron chi connectivity index (χ2n) is 7.12. The van der Waals surface area contributed by atoms with Gasteiger partial charge in [-0.15, -0.1) is 0 Å². The van der Waals surface area contributed by atoms with Crippen molar-refractivity contribution < 1.29 is 13.9 Å². The van der Waals surface area contributed by atoms with Crippen LogP contribution in [0.1, 0.15) is 17.0 Å². The molecule has 7 heteroatoms. The maximum Gasteiger partial charge on any atom is 0.175 e. The first kappa shape index (κ1) is 21.3. The Kier molecular flexibility index (Phi) is 6.84. The van der Waals surface area contributed by atoms with Crippen LogP contribution in [-0.2, 0) is 19.6 Å². The molecule has 5 nitrogen and oxygen atoms in total. The van der Waals surface area contributed by atoms with Gasteiger partial charge in [-0.05, 0) is 51.8 Å². The minimum atomic E-state index is -0.289. The first-order chi connectivity index (χ1) is 15.1. The van der Waals surface area contributed by atoms with Gasteiger partial charge in [0.15, 0.2) is 11.5 Å². The summed E-state index contributed by atoms with van der Waals surface area (Å²) in [5, 5.41) is 3.43. The summed E-state index contributed by atoms with van der Waals surface area (Å²) in [6.07, 6.45) is 0.802. The Hall–Kier alpha value is -2.90. The highest BCUT2D eigenvalue weighted by Gasteiger charge is 2.13. The molecular weight excluding hydrogens is 461 g/mol. The molecule has 0 amide bonds. The van der Waals surface area contributed by atoms with Crippen molar-refractivity contribution in [3.63, 3.8) is 0 Å². The zero-order valence-corrected chi connectivity index (χ0v) is 18.7. The maximum atomic E-state index is 13.9. The number of nitrogens with one attached hydrogen (secondary N) is 2. The van der Waals surface area contributed by atoms with E-state index >= 15 is 0 Å². The quantitative estimate of drug-likeness (QED) is 0.313. The fourth-order valence-electron chi connectivity index (χ4n) is 3.34. The second kappa shape index (κ2) is 9.94. The largest absolute Gasteiger partial charge is 0.493 e. The van der Waals surface area contributed by atoms with Crippen LogP contribution < -0.4 is 14.8 Å². The lowest BCUT2D eigenvalue weighted by molar-refractivity contribution is 0.277. The lowest BCUT2D eigenvalue weighted by atomic mass is 10.2. The van der Waals surface area contributed by atoms with Gasteiger partial charge in [-0.25, -0.2) is 9.37 Å². The molecule has 31 heavy (non-hydrogen) atoms. The zero-order chi connectivity index (χ0) is 21.6. The molecule has 0 saturated carbocycles. The number of fused-ring (bicyclic) bond motifs is 1. The van der Waals surface area contributed by atoms with Gasteiger partial charge < -0.3 is 19.8 Å². The van der Waals surface area contributed by atoms with Gasteiger partial charge in [-0.1, -0.05) is 30.3 Å². The number of halogens is 2. The van der Waals surface area contributed by atoms with Crippen LogP contribution in [0.3, 0.4) is 0 Å². The summed E-state index contributed by atoms with van der Waals surface area (Å²) in [6.45, 7) is 1.57. The molecule has 1 aromatic heterocycles. The molecule has 4 aromatic rings. The SMILES string of the molecule is COc1cc(CNCCc2nc3ccccc3[nH]2)cc(Br)c1OCc1ccccc1F. The van der Waals surface area contributed by atoms with Crippen LogP contribution in [0.4, 0.5) is 4.39 Å². The van der Waals surface area contributed by atoms with Crippen molar-refractivity contribution in [2.75, 3.05) is 13.7 Å². The number of H-pyrrole nitrogens is 1. The van der Waals surface area contributed by atoms with Gasteiger partial charge in [-0.3, -0.25) is 0 Å². The monoisotopic (exact) mass is 483 g/mol. The third-order valence-electron chi connectivity index (χ3n) is 4.93. The van der Waals surface area contributed by atoms with Crippen molar-refractivity contribution in [2.45, 2.75) is 19.6 Å². The van der Waals surface area contributed by atoms with E-state index < -0.39 is 0 Å². The predicted molar refractivity (Wildman–Crippen MR) is 123 cm³/mol. The van der Waals surface area contributed by atoms with Crippen LogP contribution >= 0.6 is 15.9 Å². The number of nitrogens with zero attached hydrogens (tertiary/aromatic N) is 1. The number of ether oxygens (including phenoxy) is 2. The number of rotatable bonds is 9. The summed E-state index contributed by atoms with van der Waals surface area (Å²) >= 11 is 3.55. The van der Waals surface area contributed by atoms with E-state index in [2.05, 4.69) is 31.2 Å². The molecule has 0 aliphatic rings. The van der Waals surface area contributed by atoms with E-state index in [9.17, 15) is 4.39 Å². The van der Waals surface area contributed by atoms with E-state index in [4.69, 9.17) is 9.47 Å². The average Bonchev–Trinajstić information content (AvgIpc) is 3.19. The molecule has 0 fully saturated rings. The topological polar surface area (TPSA) is 59.2 Å². The molecule has 3 aromatic carbocycles. The molecule has 0 aliphatic carbocycles. The zero-order valence-electron chi connectivity index (χ0n) is 17.1. The summed E-state index contributed by atoms with van der Waals surface area (Å²) in [5.41, 5.74) is 3.58. The van der Waals surface area contributed by atoms with Gasteiger partial charge >= 0.3 is 0 Å². The molecule has 0 aliphatic heterocycles. The first-order valence-corrected chi connectivity index (χ1v) is 10.8. The standard InChI is InChI=1S/C24H23BrFN3O2/c1-30-22-13-16(12-18(25)24(22)31-15-17-6-2-3-7-19(17)26)14-27-11-10-23-28-20-8-4-5-9-21(20)29-23/h2-9,12-13,27H,10-11,14-15H2,1H3,(H,28,29). The Labute approximate surface area is 188 Å². The van der Waals surface area contributed by atoms with Crippen molar-refractivity contribution >= 4 is 27.0 Å². The Bertz CT molecular complexity index is 1150. The molecule has 0 bridgehead atoms. The molecule has 0 spiro atoms. The second-order valence-corrected chi connectivity index (χ2v) is 7.97. The summed E-state index contributed by atoms with van der Waals surface area (Å²) in [5.74, 6) is 1.82. The molecule has 2 N–H and O–H groups in total. The number of hydrogen-bond donors (Lipinski definition) is 2. The molecule has 0 unspecified atom stereocenters. The summed E-state index contributed by atoms with van der Waals surface area (Å²) < 4.78 is 26.0. The third-order valence-corrected chi connectivity index (χ3v) is 5.51. The van der Waals surface area contributed by atoms with E-state index in [1.165, 1.54) is 6.07 Å².